The second-order valence-corrected chi connectivity index (χ2v) is 5.14. The van der Waals surface area contributed by atoms with Gasteiger partial charge in [-0.2, -0.15) is 0 Å². The first kappa shape index (κ1) is 14.9. The SMILES string of the molecule is CCNC1CC(CC(O)CC)CN(CCO)C1. The number of nitrogens with one attached hydrogen (secondary N) is 1. The van der Waals surface area contributed by atoms with Crippen LogP contribution >= 0.6 is 0 Å². The number of rotatable bonds is 7. The van der Waals surface area contributed by atoms with Crippen molar-refractivity contribution in [2.45, 2.75) is 45.3 Å². The monoisotopic (exact) mass is 244 g/mol. The molecular formula is C13H28N2O2. The van der Waals surface area contributed by atoms with Gasteiger partial charge in [0.25, 0.3) is 0 Å². The first-order valence-electron chi connectivity index (χ1n) is 6.94. The van der Waals surface area contributed by atoms with Crippen molar-refractivity contribution < 1.29 is 10.2 Å². The molecule has 3 atom stereocenters. The van der Waals surface area contributed by atoms with Crippen molar-refractivity contribution in [3.63, 3.8) is 0 Å². The highest BCUT2D eigenvalue weighted by Gasteiger charge is 2.27. The van der Waals surface area contributed by atoms with Gasteiger partial charge in [-0.3, -0.25) is 4.90 Å². The lowest BCUT2D eigenvalue weighted by Crippen LogP contribution is -2.50. The summed E-state index contributed by atoms with van der Waals surface area (Å²) in [5.74, 6) is 0.550. The van der Waals surface area contributed by atoms with Gasteiger partial charge in [0.15, 0.2) is 0 Å². The molecule has 1 aliphatic rings. The van der Waals surface area contributed by atoms with Gasteiger partial charge < -0.3 is 15.5 Å². The summed E-state index contributed by atoms with van der Waals surface area (Å²) in [6.45, 7) is 8.15. The van der Waals surface area contributed by atoms with Crippen LogP contribution in [-0.4, -0.2) is 60.0 Å². The molecule has 0 aromatic rings. The van der Waals surface area contributed by atoms with Crippen molar-refractivity contribution in [2.75, 3.05) is 32.8 Å². The Kier molecular flexibility index (Phi) is 7.04. The highest BCUT2D eigenvalue weighted by molar-refractivity contribution is 4.84. The van der Waals surface area contributed by atoms with Crippen molar-refractivity contribution in [2.24, 2.45) is 5.92 Å². The lowest BCUT2D eigenvalue weighted by molar-refractivity contribution is 0.0752. The fraction of sp³-hybridized carbons (Fsp3) is 1.00. The molecule has 1 fully saturated rings. The molecule has 1 heterocycles. The Labute approximate surface area is 105 Å². The molecule has 3 unspecified atom stereocenters. The van der Waals surface area contributed by atoms with E-state index in [1.54, 1.807) is 0 Å². The van der Waals surface area contributed by atoms with Crippen molar-refractivity contribution in [3.05, 3.63) is 0 Å². The van der Waals surface area contributed by atoms with E-state index in [1.165, 1.54) is 0 Å². The number of nitrogens with zero attached hydrogens (tertiary/aromatic N) is 1. The predicted octanol–water partition coefficient (Wildman–Crippen LogP) is 0.440. The summed E-state index contributed by atoms with van der Waals surface area (Å²) in [6, 6.07) is 0.509. The Balaban J connectivity index is 2.45. The lowest BCUT2D eigenvalue weighted by atomic mass is 9.89. The summed E-state index contributed by atoms with van der Waals surface area (Å²) in [4.78, 5) is 2.31. The average Bonchev–Trinajstić information content (AvgIpc) is 2.29. The number of likely N-dealkylation sites (N-methyl/N-ethyl adjacent to an activating group) is 1. The smallest absolute Gasteiger partial charge is 0.0558 e. The highest BCUT2D eigenvalue weighted by atomic mass is 16.3. The molecule has 0 aliphatic carbocycles. The molecule has 0 amide bonds. The van der Waals surface area contributed by atoms with Gasteiger partial charge in [-0.1, -0.05) is 13.8 Å². The summed E-state index contributed by atoms with van der Waals surface area (Å²) in [6.07, 6.45) is 2.70. The lowest BCUT2D eigenvalue weighted by Gasteiger charge is -2.38. The molecule has 0 saturated carbocycles. The quantitative estimate of drug-likeness (QED) is 0.608. The van der Waals surface area contributed by atoms with E-state index < -0.39 is 0 Å². The summed E-state index contributed by atoms with van der Waals surface area (Å²) in [7, 11) is 0. The van der Waals surface area contributed by atoms with E-state index in [9.17, 15) is 5.11 Å². The normalized spacial score (nSPS) is 28.2. The maximum Gasteiger partial charge on any atom is 0.0558 e. The maximum atomic E-state index is 9.75. The second-order valence-electron chi connectivity index (χ2n) is 5.14. The molecule has 1 aliphatic heterocycles. The minimum Gasteiger partial charge on any atom is -0.395 e. The third-order valence-corrected chi connectivity index (χ3v) is 3.60. The van der Waals surface area contributed by atoms with E-state index in [0.717, 1.165) is 45.4 Å². The summed E-state index contributed by atoms with van der Waals surface area (Å²) < 4.78 is 0. The molecule has 0 aromatic carbocycles. The van der Waals surface area contributed by atoms with Crippen LogP contribution in [0, 0.1) is 5.92 Å². The van der Waals surface area contributed by atoms with Gasteiger partial charge in [-0.15, -0.1) is 0 Å². The topological polar surface area (TPSA) is 55.7 Å². The average molecular weight is 244 g/mol. The van der Waals surface area contributed by atoms with Gasteiger partial charge >= 0.3 is 0 Å². The van der Waals surface area contributed by atoms with Gasteiger partial charge in [0.2, 0.25) is 0 Å². The van der Waals surface area contributed by atoms with Crippen molar-refractivity contribution >= 4 is 0 Å². The van der Waals surface area contributed by atoms with Gasteiger partial charge in [-0.25, -0.2) is 0 Å². The predicted molar refractivity (Wildman–Crippen MR) is 70.0 cm³/mol. The molecule has 1 saturated heterocycles. The van der Waals surface area contributed by atoms with Crippen molar-refractivity contribution in [3.8, 4) is 0 Å². The fourth-order valence-corrected chi connectivity index (χ4v) is 2.79. The van der Waals surface area contributed by atoms with E-state index >= 15 is 0 Å². The Morgan fingerprint density at radius 2 is 2.12 bits per heavy atom. The van der Waals surface area contributed by atoms with Crippen LogP contribution in [0.3, 0.4) is 0 Å². The Morgan fingerprint density at radius 3 is 2.71 bits per heavy atom. The van der Waals surface area contributed by atoms with E-state index in [1.807, 2.05) is 6.92 Å². The third-order valence-electron chi connectivity index (χ3n) is 3.60. The van der Waals surface area contributed by atoms with Crippen LogP contribution in [0.1, 0.15) is 33.1 Å². The molecule has 4 nitrogen and oxygen atoms in total. The molecule has 1 rings (SSSR count). The number of hydrogen-bond donors (Lipinski definition) is 3. The van der Waals surface area contributed by atoms with Crippen LogP contribution in [0.2, 0.25) is 0 Å². The number of piperidine rings is 1. The van der Waals surface area contributed by atoms with Gasteiger partial charge in [0, 0.05) is 25.7 Å². The van der Waals surface area contributed by atoms with Crippen LogP contribution in [0.25, 0.3) is 0 Å². The van der Waals surface area contributed by atoms with Crippen molar-refractivity contribution in [1.29, 1.82) is 0 Å². The molecule has 0 bridgehead atoms. The zero-order valence-corrected chi connectivity index (χ0v) is 11.2. The number of aliphatic hydroxyl groups excluding tert-OH is 2. The first-order chi connectivity index (χ1) is 8.19. The van der Waals surface area contributed by atoms with E-state index in [2.05, 4.69) is 17.1 Å². The van der Waals surface area contributed by atoms with Crippen LogP contribution < -0.4 is 5.32 Å². The van der Waals surface area contributed by atoms with Crippen molar-refractivity contribution in [1.82, 2.24) is 10.2 Å². The van der Waals surface area contributed by atoms with Crippen LogP contribution in [0.15, 0.2) is 0 Å². The number of likely N-dealkylation sites (tertiary alicyclic amines) is 1. The molecule has 0 radical (unpaired) electrons. The number of hydrogen-bond acceptors (Lipinski definition) is 4. The minimum atomic E-state index is -0.170. The molecule has 0 spiro atoms. The number of aliphatic hydroxyl groups is 2. The maximum absolute atomic E-state index is 9.75. The molecular weight excluding hydrogens is 216 g/mol. The molecule has 3 N–H and O–H groups in total. The van der Waals surface area contributed by atoms with E-state index in [-0.39, 0.29) is 12.7 Å². The summed E-state index contributed by atoms with van der Waals surface area (Å²) >= 11 is 0. The van der Waals surface area contributed by atoms with Gasteiger partial charge in [-0.05, 0) is 31.7 Å². The highest BCUT2D eigenvalue weighted by Crippen LogP contribution is 2.22. The third kappa shape index (κ3) is 5.34. The zero-order chi connectivity index (χ0) is 12.7. The van der Waals surface area contributed by atoms with Crippen LogP contribution in [-0.2, 0) is 0 Å². The van der Waals surface area contributed by atoms with E-state index in [0.29, 0.717) is 12.0 Å². The zero-order valence-electron chi connectivity index (χ0n) is 11.2. The molecule has 4 heteroatoms. The Morgan fingerprint density at radius 1 is 1.35 bits per heavy atom. The van der Waals surface area contributed by atoms with Gasteiger partial charge in [0.05, 0.1) is 12.7 Å². The largest absolute Gasteiger partial charge is 0.395 e. The Hall–Kier alpha value is -0.160. The molecule has 102 valence electrons. The van der Waals surface area contributed by atoms with Gasteiger partial charge in [0.1, 0.15) is 0 Å². The molecule has 0 aromatic heterocycles. The fourth-order valence-electron chi connectivity index (χ4n) is 2.79. The first-order valence-corrected chi connectivity index (χ1v) is 6.94. The van der Waals surface area contributed by atoms with E-state index in [4.69, 9.17) is 5.11 Å². The summed E-state index contributed by atoms with van der Waals surface area (Å²) in [5.41, 5.74) is 0. The number of β-amino-alcohol motifs (C(OH)–C–C–N with tert-alkyl or cyclic N) is 1. The second kappa shape index (κ2) is 8.03. The summed E-state index contributed by atoms with van der Waals surface area (Å²) in [5, 5.41) is 22.3. The Bertz CT molecular complexity index is 188. The standard InChI is InChI=1S/C13H28N2O2/c1-3-13(17)8-11-7-12(14-4-2)10-15(9-11)5-6-16/h11-14,16-17H,3-10H2,1-2H3. The van der Waals surface area contributed by atoms with Crippen LogP contribution in [0.4, 0.5) is 0 Å². The van der Waals surface area contributed by atoms with Crippen LogP contribution in [0.5, 0.6) is 0 Å². The minimum absolute atomic E-state index is 0.170. The molecule has 17 heavy (non-hydrogen) atoms.